The molecule has 0 unspecified atom stereocenters. The van der Waals surface area contributed by atoms with Gasteiger partial charge >= 0.3 is 0 Å². The van der Waals surface area contributed by atoms with Crippen molar-refractivity contribution < 1.29 is 4.79 Å². The van der Waals surface area contributed by atoms with Crippen molar-refractivity contribution in [1.82, 2.24) is 14.9 Å². The van der Waals surface area contributed by atoms with E-state index in [1.807, 2.05) is 19.3 Å². The highest BCUT2D eigenvalue weighted by Crippen LogP contribution is 2.41. The van der Waals surface area contributed by atoms with E-state index in [4.69, 9.17) is 0 Å². The molecule has 3 heterocycles. The number of anilines is 1. The average Bonchev–Trinajstić information content (AvgIpc) is 2.38. The Morgan fingerprint density at radius 2 is 1.85 bits per heavy atom. The summed E-state index contributed by atoms with van der Waals surface area (Å²) in [6.45, 7) is 8.50. The molecular formula is C15H22N4O. The summed E-state index contributed by atoms with van der Waals surface area (Å²) in [5, 5.41) is 0. The van der Waals surface area contributed by atoms with Gasteiger partial charge in [0.1, 0.15) is 5.78 Å². The number of rotatable bonds is 3. The average molecular weight is 274 g/mol. The quantitative estimate of drug-likeness (QED) is 0.831. The number of aromatic nitrogens is 2. The first-order valence-electron chi connectivity index (χ1n) is 7.32. The molecule has 0 saturated carbocycles. The summed E-state index contributed by atoms with van der Waals surface area (Å²) in [6.07, 6.45) is 6.12. The molecule has 5 heteroatoms. The van der Waals surface area contributed by atoms with Crippen LogP contribution >= 0.6 is 0 Å². The van der Waals surface area contributed by atoms with E-state index < -0.39 is 0 Å². The topological polar surface area (TPSA) is 49.3 Å². The third-order valence-electron chi connectivity index (χ3n) is 4.47. The molecular weight excluding hydrogens is 252 g/mol. The largest absolute Gasteiger partial charge is 0.340 e. The number of ketones is 1. The maximum Gasteiger partial charge on any atom is 0.225 e. The maximum absolute atomic E-state index is 11.2. The van der Waals surface area contributed by atoms with E-state index in [-0.39, 0.29) is 5.78 Å². The number of nitrogens with zero attached hydrogens (tertiary/aromatic N) is 4. The lowest BCUT2D eigenvalue weighted by atomic mass is 9.72. The van der Waals surface area contributed by atoms with Gasteiger partial charge in [-0.05, 0) is 45.3 Å². The van der Waals surface area contributed by atoms with Gasteiger partial charge < -0.3 is 4.90 Å². The van der Waals surface area contributed by atoms with Gasteiger partial charge in [0, 0.05) is 30.9 Å². The zero-order valence-electron chi connectivity index (χ0n) is 12.3. The molecule has 5 nitrogen and oxygen atoms in total. The van der Waals surface area contributed by atoms with E-state index in [2.05, 4.69) is 19.8 Å². The fraction of sp³-hybridized carbons (Fsp3) is 0.667. The van der Waals surface area contributed by atoms with Crippen molar-refractivity contribution in [2.75, 3.05) is 37.6 Å². The van der Waals surface area contributed by atoms with E-state index in [9.17, 15) is 4.79 Å². The molecule has 0 atom stereocenters. The molecule has 1 aromatic rings. The Labute approximate surface area is 120 Å². The third-order valence-corrected chi connectivity index (χ3v) is 4.47. The van der Waals surface area contributed by atoms with Crippen LogP contribution in [0.5, 0.6) is 0 Å². The highest BCUT2D eigenvalue weighted by Gasteiger charge is 2.45. The van der Waals surface area contributed by atoms with Crippen molar-refractivity contribution in [2.45, 2.75) is 26.7 Å². The molecule has 108 valence electrons. The molecule has 0 radical (unpaired) electrons. The number of piperidine rings is 1. The summed E-state index contributed by atoms with van der Waals surface area (Å²) >= 11 is 0. The van der Waals surface area contributed by atoms with Crippen LogP contribution in [-0.2, 0) is 4.79 Å². The predicted octanol–water partition coefficient (Wildman–Crippen LogP) is 1.28. The summed E-state index contributed by atoms with van der Waals surface area (Å²) in [6, 6.07) is 0. The standard InChI is InChI=1S/C15H22N4O/c1-12-7-16-14(17-8-12)19-10-15(11-19)3-5-18(6-4-15)9-13(2)20/h7-8H,3-6,9-11H2,1-2H3. The fourth-order valence-electron chi connectivity index (χ4n) is 3.27. The molecule has 0 aliphatic carbocycles. The van der Waals surface area contributed by atoms with Crippen LogP contribution in [0.15, 0.2) is 12.4 Å². The Morgan fingerprint density at radius 3 is 2.40 bits per heavy atom. The Kier molecular flexibility index (Phi) is 3.46. The number of carbonyl (C=O) groups excluding carboxylic acids is 1. The van der Waals surface area contributed by atoms with Gasteiger partial charge in [0.05, 0.1) is 6.54 Å². The zero-order chi connectivity index (χ0) is 14.2. The first-order chi connectivity index (χ1) is 9.56. The van der Waals surface area contributed by atoms with E-state index in [0.29, 0.717) is 12.0 Å². The van der Waals surface area contributed by atoms with E-state index in [0.717, 1.165) is 37.7 Å². The second-order valence-electron chi connectivity index (χ2n) is 6.39. The molecule has 2 fully saturated rings. The van der Waals surface area contributed by atoms with Crippen molar-refractivity contribution in [2.24, 2.45) is 5.41 Å². The number of Topliss-reactive ketones (excluding diaryl/α,β-unsaturated/α-hetero) is 1. The van der Waals surface area contributed by atoms with Crippen molar-refractivity contribution in [3.63, 3.8) is 0 Å². The monoisotopic (exact) mass is 274 g/mol. The molecule has 2 saturated heterocycles. The van der Waals surface area contributed by atoms with Gasteiger partial charge in [-0.3, -0.25) is 9.69 Å². The van der Waals surface area contributed by atoms with Gasteiger partial charge in [-0.1, -0.05) is 0 Å². The predicted molar refractivity (Wildman–Crippen MR) is 77.8 cm³/mol. The summed E-state index contributed by atoms with van der Waals surface area (Å²) in [7, 11) is 0. The smallest absolute Gasteiger partial charge is 0.225 e. The van der Waals surface area contributed by atoms with Gasteiger partial charge in [0.2, 0.25) is 5.95 Å². The van der Waals surface area contributed by atoms with Gasteiger partial charge in [0.15, 0.2) is 0 Å². The molecule has 0 N–H and O–H groups in total. The minimum absolute atomic E-state index is 0.268. The van der Waals surface area contributed by atoms with Crippen LogP contribution in [0.1, 0.15) is 25.3 Å². The lowest BCUT2D eigenvalue weighted by Gasteiger charge is -2.53. The summed E-state index contributed by atoms with van der Waals surface area (Å²) < 4.78 is 0. The van der Waals surface area contributed by atoms with Crippen LogP contribution in [0.4, 0.5) is 5.95 Å². The summed E-state index contributed by atoms with van der Waals surface area (Å²) in [4.78, 5) is 24.5. The number of carbonyl (C=O) groups is 1. The van der Waals surface area contributed by atoms with Crippen molar-refractivity contribution >= 4 is 11.7 Å². The Hall–Kier alpha value is -1.49. The Bertz CT molecular complexity index is 483. The van der Waals surface area contributed by atoms with Crippen LogP contribution in [-0.4, -0.2) is 53.4 Å². The summed E-state index contributed by atoms with van der Waals surface area (Å²) in [5.41, 5.74) is 1.53. The highest BCUT2D eigenvalue weighted by molar-refractivity contribution is 5.77. The molecule has 1 spiro atoms. The first kappa shape index (κ1) is 13.5. The van der Waals surface area contributed by atoms with Crippen molar-refractivity contribution in [3.05, 3.63) is 18.0 Å². The third kappa shape index (κ3) is 2.68. The molecule has 2 aliphatic rings. The number of hydrogen-bond acceptors (Lipinski definition) is 5. The highest BCUT2D eigenvalue weighted by atomic mass is 16.1. The Balaban J connectivity index is 1.53. The van der Waals surface area contributed by atoms with E-state index >= 15 is 0 Å². The van der Waals surface area contributed by atoms with Crippen molar-refractivity contribution in [1.29, 1.82) is 0 Å². The van der Waals surface area contributed by atoms with Crippen LogP contribution in [0.25, 0.3) is 0 Å². The Morgan fingerprint density at radius 1 is 1.25 bits per heavy atom. The number of likely N-dealkylation sites (tertiary alicyclic amines) is 1. The lowest BCUT2D eigenvalue weighted by Crippen LogP contribution is -2.61. The van der Waals surface area contributed by atoms with Gasteiger partial charge in [0.25, 0.3) is 0 Å². The second-order valence-corrected chi connectivity index (χ2v) is 6.39. The molecule has 20 heavy (non-hydrogen) atoms. The van der Waals surface area contributed by atoms with Gasteiger partial charge in [-0.15, -0.1) is 0 Å². The van der Waals surface area contributed by atoms with Gasteiger partial charge in [-0.25, -0.2) is 9.97 Å². The number of hydrogen-bond donors (Lipinski definition) is 0. The fourth-order valence-corrected chi connectivity index (χ4v) is 3.27. The van der Waals surface area contributed by atoms with Crippen LogP contribution in [0.2, 0.25) is 0 Å². The molecule has 1 aromatic heterocycles. The van der Waals surface area contributed by atoms with Crippen molar-refractivity contribution in [3.8, 4) is 0 Å². The normalized spacial score (nSPS) is 21.8. The van der Waals surface area contributed by atoms with E-state index in [1.54, 1.807) is 6.92 Å². The number of aryl methyl sites for hydroxylation is 1. The van der Waals surface area contributed by atoms with Gasteiger partial charge in [-0.2, -0.15) is 0 Å². The second kappa shape index (κ2) is 5.13. The van der Waals surface area contributed by atoms with Crippen LogP contribution < -0.4 is 4.90 Å². The minimum atomic E-state index is 0.268. The van der Waals surface area contributed by atoms with Crippen LogP contribution in [0, 0.1) is 12.3 Å². The molecule has 3 rings (SSSR count). The SMILES string of the molecule is CC(=O)CN1CCC2(CC1)CN(c1ncc(C)cn1)C2. The molecule has 2 aliphatic heterocycles. The zero-order valence-corrected chi connectivity index (χ0v) is 12.3. The first-order valence-corrected chi connectivity index (χ1v) is 7.32. The van der Waals surface area contributed by atoms with Crippen LogP contribution in [0.3, 0.4) is 0 Å². The molecule has 0 amide bonds. The lowest BCUT2D eigenvalue weighted by molar-refractivity contribution is -0.118. The summed E-state index contributed by atoms with van der Waals surface area (Å²) in [5.74, 6) is 1.12. The molecule has 0 aromatic carbocycles. The molecule has 0 bridgehead atoms. The minimum Gasteiger partial charge on any atom is -0.340 e. The van der Waals surface area contributed by atoms with E-state index in [1.165, 1.54) is 12.8 Å². The maximum atomic E-state index is 11.2.